The first kappa shape index (κ1) is 22.2. The fraction of sp³-hybridized carbons (Fsp3) is 0.0833. The fourth-order valence-electron chi connectivity index (χ4n) is 3.17. The van der Waals surface area contributed by atoms with Crippen LogP contribution in [0.1, 0.15) is 47.0 Å². The van der Waals surface area contributed by atoms with Crippen LogP contribution >= 0.6 is 0 Å². The van der Waals surface area contributed by atoms with Gasteiger partial charge in [-0.05, 0) is 54.4 Å². The molecular weight excluding hydrogens is 412 g/mol. The van der Waals surface area contributed by atoms with E-state index in [-0.39, 0.29) is 22.3 Å². The third-order valence-electron chi connectivity index (χ3n) is 4.86. The van der Waals surface area contributed by atoms with Crippen molar-refractivity contribution < 1.29 is 29.4 Å². The topological polar surface area (TPSA) is 133 Å². The number of nitrogens with one attached hydrogen (secondary N) is 2. The molecule has 162 valence electrons. The molecule has 0 aliphatic carbocycles. The van der Waals surface area contributed by atoms with Gasteiger partial charge in [-0.2, -0.15) is 0 Å². The van der Waals surface area contributed by atoms with Gasteiger partial charge in [-0.1, -0.05) is 29.8 Å². The Labute approximate surface area is 183 Å². The number of hydrogen-bond donors (Lipinski definition) is 4. The van der Waals surface area contributed by atoms with Gasteiger partial charge in [0.1, 0.15) is 0 Å². The van der Waals surface area contributed by atoms with E-state index in [1.54, 1.807) is 12.1 Å². The molecular formula is C24H20N2O6. The second kappa shape index (κ2) is 9.13. The molecule has 0 atom stereocenters. The minimum atomic E-state index is -1.29. The average Bonchev–Trinajstić information content (AvgIpc) is 2.79. The lowest BCUT2D eigenvalue weighted by Gasteiger charge is -2.12. The van der Waals surface area contributed by atoms with E-state index in [4.69, 9.17) is 0 Å². The number of rotatable bonds is 6. The zero-order valence-corrected chi connectivity index (χ0v) is 17.3. The summed E-state index contributed by atoms with van der Waals surface area (Å²) >= 11 is 0. The highest BCUT2D eigenvalue weighted by Crippen LogP contribution is 2.26. The van der Waals surface area contributed by atoms with Gasteiger partial charge < -0.3 is 20.8 Å². The molecule has 0 aliphatic heterocycles. The maximum absolute atomic E-state index is 12.8. The molecule has 0 aromatic heterocycles. The summed E-state index contributed by atoms with van der Waals surface area (Å²) < 4.78 is 0. The summed E-state index contributed by atoms with van der Waals surface area (Å²) in [5.41, 5.74) is 1.85. The van der Waals surface area contributed by atoms with Gasteiger partial charge in [0.25, 0.3) is 11.8 Å². The molecule has 0 saturated heterocycles. The molecule has 32 heavy (non-hydrogen) atoms. The molecule has 8 nitrogen and oxygen atoms in total. The van der Waals surface area contributed by atoms with Crippen LogP contribution in [0.2, 0.25) is 0 Å². The van der Waals surface area contributed by atoms with Crippen molar-refractivity contribution in [2.24, 2.45) is 0 Å². The Morgan fingerprint density at radius 2 is 1.19 bits per heavy atom. The number of aromatic carboxylic acids is 2. The van der Waals surface area contributed by atoms with Gasteiger partial charge in [-0.25, -0.2) is 9.59 Å². The van der Waals surface area contributed by atoms with Crippen molar-refractivity contribution in [1.29, 1.82) is 0 Å². The van der Waals surface area contributed by atoms with Gasteiger partial charge in [0.15, 0.2) is 0 Å². The Bertz CT molecular complexity index is 1230. The number of amides is 2. The van der Waals surface area contributed by atoms with Crippen molar-refractivity contribution in [1.82, 2.24) is 5.32 Å². The number of anilines is 1. The standard InChI is InChI=1S/C24H20N2O6/c1-13-3-7-16(8-4-13)26-22(28)19-11-14(6-10-18(19)23(29)30)15-5-9-17(21(27)25-2)20(12-15)24(31)32/h3-12H,1-2H3,(H,25,27)(H,26,28)(H,29,30)(H,31,32). The molecule has 0 heterocycles. The zero-order chi connectivity index (χ0) is 23.4. The predicted molar refractivity (Wildman–Crippen MR) is 118 cm³/mol. The van der Waals surface area contributed by atoms with Crippen molar-refractivity contribution in [2.75, 3.05) is 12.4 Å². The first-order valence-electron chi connectivity index (χ1n) is 9.56. The molecule has 8 heteroatoms. The van der Waals surface area contributed by atoms with E-state index >= 15 is 0 Å². The zero-order valence-electron chi connectivity index (χ0n) is 17.3. The molecule has 0 radical (unpaired) electrons. The monoisotopic (exact) mass is 432 g/mol. The first-order valence-corrected chi connectivity index (χ1v) is 9.56. The summed E-state index contributed by atoms with van der Waals surface area (Å²) in [4.78, 5) is 48.1. The summed E-state index contributed by atoms with van der Waals surface area (Å²) in [6, 6.07) is 15.4. The lowest BCUT2D eigenvalue weighted by molar-refractivity contribution is 0.0683. The van der Waals surface area contributed by atoms with Crippen LogP contribution in [0.3, 0.4) is 0 Å². The van der Waals surface area contributed by atoms with Crippen molar-refractivity contribution >= 4 is 29.4 Å². The normalized spacial score (nSPS) is 10.3. The van der Waals surface area contributed by atoms with E-state index < -0.39 is 23.8 Å². The van der Waals surface area contributed by atoms with Crippen LogP contribution in [0.25, 0.3) is 11.1 Å². The summed E-state index contributed by atoms with van der Waals surface area (Å²) in [6.45, 7) is 1.90. The third kappa shape index (κ3) is 4.65. The Hall–Kier alpha value is -4.46. The minimum Gasteiger partial charge on any atom is -0.478 e. The van der Waals surface area contributed by atoms with E-state index in [9.17, 15) is 29.4 Å². The summed E-state index contributed by atoms with van der Waals surface area (Å²) in [7, 11) is 1.39. The van der Waals surface area contributed by atoms with Gasteiger partial charge >= 0.3 is 11.9 Å². The van der Waals surface area contributed by atoms with Gasteiger partial charge in [0.05, 0.1) is 22.3 Å². The number of aryl methyl sites for hydroxylation is 1. The Balaban J connectivity index is 2.05. The molecule has 2 amide bonds. The van der Waals surface area contributed by atoms with Crippen LogP contribution in [0.4, 0.5) is 5.69 Å². The maximum Gasteiger partial charge on any atom is 0.336 e. The molecule has 0 aliphatic rings. The van der Waals surface area contributed by atoms with Crippen molar-refractivity contribution in [3.63, 3.8) is 0 Å². The summed E-state index contributed by atoms with van der Waals surface area (Å²) in [6.07, 6.45) is 0. The second-order valence-corrected chi connectivity index (χ2v) is 7.03. The number of carbonyl (C=O) groups is 4. The fourth-order valence-corrected chi connectivity index (χ4v) is 3.17. The van der Waals surface area contributed by atoms with Gasteiger partial charge in [-0.15, -0.1) is 0 Å². The van der Waals surface area contributed by atoms with Crippen LogP contribution in [0, 0.1) is 6.92 Å². The highest BCUT2D eigenvalue weighted by molar-refractivity contribution is 6.11. The lowest BCUT2D eigenvalue weighted by Crippen LogP contribution is -2.21. The van der Waals surface area contributed by atoms with Crippen LogP contribution < -0.4 is 10.6 Å². The second-order valence-electron chi connectivity index (χ2n) is 7.03. The Morgan fingerprint density at radius 3 is 1.72 bits per heavy atom. The molecule has 3 aromatic rings. The van der Waals surface area contributed by atoms with Crippen molar-refractivity contribution in [2.45, 2.75) is 6.92 Å². The number of benzene rings is 3. The average molecular weight is 432 g/mol. The number of carboxylic acid groups (broad SMARTS) is 2. The first-order chi connectivity index (χ1) is 15.2. The molecule has 3 rings (SSSR count). The predicted octanol–water partition coefficient (Wildman–Crippen LogP) is 3.67. The number of carbonyl (C=O) groups excluding carboxylic acids is 2. The molecule has 0 unspecified atom stereocenters. The molecule has 0 spiro atoms. The van der Waals surface area contributed by atoms with Crippen molar-refractivity contribution in [3.05, 3.63) is 88.5 Å². The lowest BCUT2D eigenvalue weighted by atomic mass is 9.95. The van der Waals surface area contributed by atoms with Crippen molar-refractivity contribution in [3.8, 4) is 11.1 Å². The summed E-state index contributed by atoms with van der Waals surface area (Å²) in [5, 5.41) is 24.1. The van der Waals surface area contributed by atoms with Crippen LogP contribution in [-0.2, 0) is 0 Å². The minimum absolute atomic E-state index is 0.0109. The van der Waals surface area contributed by atoms with Gasteiger partial charge in [0, 0.05) is 12.7 Å². The summed E-state index contributed by atoms with van der Waals surface area (Å²) in [5.74, 6) is -3.72. The third-order valence-corrected chi connectivity index (χ3v) is 4.86. The van der Waals surface area contributed by atoms with Crippen LogP contribution in [-0.4, -0.2) is 41.0 Å². The van der Waals surface area contributed by atoms with Crippen LogP contribution in [0.5, 0.6) is 0 Å². The van der Waals surface area contributed by atoms with E-state index in [0.29, 0.717) is 16.8 Å². The SMILES string of the molecule is CNC(=O)c1ccc(-c2ccc(C(=O)O)c(C(=O)Nc3ccc(C)cc3)c2)cc1C(=O)O. The number of carboxylic acids is 2. The highest BCUT2D eigenvalue weighted by atomic mass is 16.4. The Kier molecular flexibility index (Phi) is 6.34. The Morgan fingerprint density at radius 1 is 0.656 bits per heavy atom. The molecule has 3 aromatic carbocycles. The molecule has 4 N–H and O–H groups in total. The molecule has 0 saturated carbocycles. The quantitative estimate of drug-likeness (QED) is 0.470. The molecule has 0 fully saturated rings. The van der Waals surface area contributed by atoms with E-state index in [0.717, 1.165) is 5.56 Å². The van der Waals surface area contributed by atoms with Gasteiger partial charge in [-0.3, -0.25) is 9.59 Å². The van der Waals surface area contributed by atoms with E-state index in [1.165, 1.54) is 43.4 Å². The molecule has 0 bridgehead atoms. The van der Waals surface area contributed by atoms with E-state index in [2.05, 4.69) is 10.6 Å². The van der Waals surface area contributed by atoms with Gasteiger partial charge in [0.2, 0.25) is 0 Å². The van der Waals surface area contributed by atoms with E-state index in [1.807, 2.05) is 19.1 Å². The largest absolute Gasteiger partial charge is 0.478 e. The highest BCUT2D eigenvalue weighted by Gasteiger charge is 2.20. The maximum atomic E-state index is 12.8. The van der Waals surface area contributed by atoms with Crippen LogP contribution in [0.15, 0.2) is 60.7 Å². The number of hydrogen-bond acceptors (Lipinski definition) is 4. The smallest absolute Gasteiger partial charge is 0.336 e.